The fraction of sp³-hybridized carbons (Fsp3) is 0.286. The number of benzene rings is 1. The number of ether oxygens (including phenoxy) is 1. The van der Waals surface area contributed by atoms with Gasteiger partial charge >= 0.3 is 5.97 Å². The molecule has 3 N–H and O–H groups in total. The number of carbonyl (C=O) groups is 1. The van der Waals surface area contributed by atoms with Crippen molar-refractivity contribution < 1.29 is 9.53 Å². The van der Waals surface area contributed by atoms with Crippen molar-refractivity contribution in [3.63, 3.8) is 0 Å². The van der Waals surface area contributed by atoms with Gasteiger partial charge < -0.3 is 15.8 Å². The van der Waals surface area contributed by atoms with Crippen LogP contribution in [-0.4, -0.2) is 17.6 Å². The zero-order chi connectivity index (χ0) is 15.4. The van der Waals surface area contributed by atoms with E-state index >= 15 is 0 Å². The second kappa shape index (κ2) is 6.78. The molecule has 0 aliphatic rings. The molecule has 1 aromatic carbocycles. The largest absolute Gasteiger partial charge is 0.462 e. The van der Waals surface area contributed by atoms with Crippen molar-refractivity contribution >= 4 is 40.3 Å². The molecule has 2 rings (SSSR count). The van der Waals surface area contributed by atoms with Crippen molar-refractivity contribution in [1.29, 1.82) is 0 Å². The number of halogens is 1. The lowest BCUT2D eigenvalue weighted by Gasteiger charge is -2.13. The highest BCUT2D eigenvalue weighted by atomic mass is 35.5. The van der Waals surface area contributed by atoms with Crippen LogP contribution in [-0.2, 0) is 11.3 Å². The summed E-state index contributed by atoms with van der Waals surface area (Å²) in [4.78, 5) is 16.4. The number of anilines is 2. The van der Waals surface area contributed by atoms with Crippen molar-refractivity contribution in [3.8, 4) is 0 Å². The summed E-state index contributed by atoms with van der Waals surface area (Å²) in [5.74, 6) is -0.454. The Hall–Kier alpha value is -1.79. The molecule has 21 heavy (non-hydrogen) atoms. The van der Waals surface area contributed by atoms with E-state index in [2.05, 4.69) is 10.3 Å². The van der Waals surface area contributed by atoms with Gasteiger partial charge in [-0.05, 0) is 26.0 Å². The summed E-state index contributed by atoms with van der Waals surface area (Å²) in [7, 11) is 0. The zero-order valence-electron chi connectivity index (χ0n) is 11.8. The number of hydrogen-bond acceptors (Lipinski definition) is 6. The molecule has 0 unspecified atom stereocenters. The monoisotopic (exact) mass is 325 g/mol. The average molecular weight is 326 g/mol. The van der Waals surface area contributed by atoms with E-state index in [0.717, 1.165) is 10.7 Å². The molecule has 0 amide bonds. The summed E-state index contributed by atoms with van der Waals surface area (Å²) in [6.07, 6.45) is 0. The second-order valence-electron chi connectivity index (χ2n) is 4.38. The highest BCUT2D eigenvalue weighted by Crippen LogP contribution is 2.30. The molecule has 0 saturated carbocycles. The maximum Gasteiger partial charge on any atom is 0.340 e. The number of hydrogen-bond donors (Lipinski definition) is 2. The smallest absolute Gasteiger partial charge is 0.340 e. The van der Waals surface area contributed by atoms with Crippen molar-refractivity contribution in [2.45, 2.75) is 20.4 Å². The summed E-state index contributed by atoms with van der Waals surface area (Å²) in [6, 6.07) is 3.15. The van der Waals surface area contributed by atoms with E-state index in [1.165, 1.54) is 0 Å². The van der Waals surface area contributed by atoms with Gasteiger partial charge in [-0.15, -0.1) is 11.3 Å². The minimum Gasteiger partial charge on any atom is -0.462 e. The third-order valence-electron chi connectivity index (χ3n) is 2.69. The number of thiazole rings is 1. The van der Waals surface area contributed by atoms with E-state index in [0.29, 0.717) is 28.5 Å². The minimum atomic E-state index is -0.454. The van der Waals surface area contributed by atoms with E-state index in [-0.39, 0.29) is 6.61 Å². The van der Waals surface area contributed by atoms with Gasteiger partial charge in [0.05, 0.1) is 29.4 Å². The zero-order valence-corrected chi connectivity index (χ0v) is 13.3. The molecule has 2 aromatic rings. The molecule has 0 aliphatic carbocycles. The van der Waals surface area contributed by atoms with Crippen molar-refractivity contribution in [2.24, 2.45) is 0 Å². The number of aromatic nitrogens is 1. The number of nitrogens with one attached hydrogen (secondary N) is 1. The van der Waals surface area contributed by atoms with Gasteiger partial charge in [-0.3, -0.25) is 0 Å². The molecule has 1 aromatic heterocycles. The van der Waals surface area contributed by atoms with Gasteiger partial charge in [0.2, 0.25) is 0 Å². The Bertz CT molecular complexity index is 658. The molecule has 0 radical (unpaired) electrons. The Labute approximate surface area is 132 Å². The summed E-state index contributed by atoms with van der Waals surface area (Å²) in [5.41, 5.74) is 7.96. The summed E-state index contributed by atoms with van der Waals surface area (Å²) >= 11 is 7.73. The molecular weight excluding hydrogens is 310 g/mol. The summed E-state index contributed by atoms with van der Waals surface area (Å²) in [5, 5.41) is 6.40. The lowest BCUT2D eigenvalue weighted by molar-refractivity contribution is 0.0527. The van der Waals surface area contributed by atoms with E-state index in [4.69, 9.17) is 22.1 Å². The fourth-order valence-electron chi connectivity index (χ4n) is 1.83. The van der Waals surface area contributed by atoms with Crippen LogP contribution in [0.15, 0.2) is 17.5 Å². The third-order valence-corrected chi connectivity index (χ3v) is 3.96. The van der Waals surface area contributed by atoms with E-state index in [9.17, 15) is 4.79 Å². The van der Waals surface area contributed by atoms with Crippen LogP contribution in [0.1, 0.15) is 28.0 Å². The van der Waals surface area contributed by atoms with Gasteiger partial charge in [0.1, 0.15) is 5.01 Å². The molecule has 7 heteroatoms. The minimum absolute atomic E-state index is 0.288. The van der Waals surface area contributed by atoms with Crippen LogP contribution in [0.25, 0.3) is 0 Å². The van der Waals surface area contributed by atoms with Crippen LogP contribution in [0.2, 0.25) is 5.02 Å². The second-order valence-corrected chi connectivity index (χ2v) is 5.73. The third kappa shape index (κ3) is 3.86. The summed E-state index contributed by atoms with van der Waals surface area (Å²) in [6.45, 7) is 4.45. The van der Waals surface area contributed by atoms with E-state index in [1.807, 2.05) is 12.3 Å². The first-order chi connectivity index (χ1) is 10.0. The van der Waals surface area contributed by atoms with Crippen LogP contribution < -0.4 is 11.1 Å². The van der Waals surface area contributed by atoms with Crippen LogP contribution >= 0.6 is 22.9 Å². The Morgan fingerprint density at radius 2 is 2.29 bits per heavy atom. The number of nitrogens with two attached hydrogens (primary N) is 1. The van der Waals surface area contributed by atoms with Gasteiger partial charge in [-0.2, -0.15) is 0 Å². The average Bonchev–Trinajstić information content (AvgIpc) is 2.83. The van der Waals surface area contributed by atoms with Crippen LogP contribution in [0.5, 0.6) is 0 Å². The molecule has 0 spiro atoms. The maximum absolute atomic E-state index is 12.0. The quantitative estimate of drug-likeness (QED) is 0.650. The Morgan fingerprint density at radius 1 is 1.52 bits per heavy atom. The topological polar surface area (TPSA) is 77.2 Å². The maximum atomic E-state index is 12.0. The lowest BCUT2D eigenvalue weighted by atomic mass is 10.1. The molecule has 0 atom stereocenters. The van der Waals surface area contributed by atoms with Gasteiger partial charge in [0.25, 0.3) is 0 Å². The molecule has 0 bridgehead atoms. The number of carbonyl (C=O) groups excluding carboxylic acids is 1. The molecule has 112 valence electrons. The predicted octanol–water partition coefficient (Wildman–Crippen LogP) is 3.48. The standard InChI is InChI=1S/C14H16ClN3O2S/c1-3-20-14(19)10-4-9(16)5-11(15)13(10)17-6-12-18-8(2)7-21-12/h4-5,7,17H,3,6,16H2,1-2H3. The number of nitrogen functional groups attached to an aromatic ring is 1. The van der Waals surface area contributed by atoms with Crippen LogP contribution in [0, 0.1) is 6.92 Å². The van der Waals surface area contributed by atoms with Gasteiger partial charge in [0.15, 0.2) is 0 Å². The first-order valence-electron chi connectivity index (χ1n) is 6.42. The lowest BCUT2D eigenvalue weighted by Crippen LogP contribution is -2.11. The number of nitrogens with zero attached hydrogens (tertiary/aromatic N) is 1. The highest BCUT2D eigenvalue weighted by Gasteiger charge is 2.17. The molecule has 0 aliphatic heterocycles. The highest BCUT2D eigenvalue weighted by molar-refractivity contribution is 7.09. The van der Waals surface area contributed by atoms with Gasteiger partial charge in [0, 0.05) is 16.8 Å². The predicted molar refractivity (Wildman–Crippen MR) is 86.0 cm³/mol. The van der Waals surface area contributed by atoms with Crippen molar-refractivity contribution in [1.82, 2.24) is 4.98 Å². The Kier molecular flexibility index (Phi) is 5.03. The first-order valence-corrected chi connectivity index (χ1v) is 7.68. The number of rotatable bonds is 5. The van der Waals surface area contributed by atoms with Crippen molar-refractivity contribution in [3.05, 3.63) is 38.8 Å². The number of esters is 1. The van der Waals surface area contributed by atoms with E-state index < -0.39 is 5.97 Å². The summed E-state index contributed by atoms with van der Waals surface area (Å²) < 4.78 is 5.03. The van der Waals surface area contributed by atoms with Crippen LogP contribution in [0.3, 0.4) is 0 Å². The normalized spacial score (nSPS) is 10.4. The molecule has 0 saturated heterocycles. The fourth-order valence-corrected chi connectivity index (χ4v) is 2.83. The Morgan fingerprint density at radius 3 is 2.90 bits per heavy atom. The van der Waals surface area contributed by atoms with Gasteiger partial charge in [-0.25, -0.2) is 9.78 Å². The van der Waals surface area contributed by atoms with E-state index in [1.54, 1.807) is 30.4 Å². The molecule has 0 fully saturated rings. The van der Waals surface area contributed by atoms with Gasteiger partial charge in [-0.1, -0.05) is 11.6 Å². The molecule has 5 nitrogen and oxygen atoms in total. The van der Waals surface area contributed by atoms with Crippen molar-refractivity contribution in [2.75, 3.05) is 17.7 Å². The van der Waals surface area contributed by atoms with Crippen LogP contribution in [0.4, 0.5) is 11.4 Å². The molecular formula is C14H16ClN3O2S. The Balaban J connectivity index is 2.26. The first kappa shape index (κ1) is 15.6. The number of aryl methyl sites for hydroxylation is 1. The SMILES string of the molecule is CCOC(=O)c1cc(N)cc(Cl)c1NCc1nc(C)cs1. The molecule has 1 heterocycles.